The van der Waals surface area contributed by atoms with Gasteiger partial charge >= 0.3 is 0 Å². The summed E-state index contributed by atoms with van der Waals surface area (Å²) < 4.78 is 0. The van der Waals surface area contributed by atoms with Gasteiger partial charge in [0.15, 0.2) is 0 Å². The maximum Gasteiger partial charge on any atom is 0.257 e. The number of carbonyl (C=O) groups excluding carboxylic acids is 1. The van der Waals surface area contributed by atoms with Crippen LogP contribution in [0, 0.1) is 5.41 Å². The second-order valence-electron chi connectivity index (χ2n) is 5.38. The molecule has 1 aromatic rings. The topological polar surface area (TPSA) is 40.5 Å². The lowest BCUT2D eigenvalue weighted by Gasteiger charge is -2.26. The maximum atomic E-state index is 12.1. The van der Waals surface area contributed by atoms with Crippen molar-refractivity contribution in [2.75, 3.05) is 13.6 Å². The van der Waals surface area contributed by atoms with E-state index in [0.717, 1.165) is 0 Å². The molecule has 0 unspecified atom stereocenters. The third kappa shape index (κ3) is 3.93. The number of phenols is 1. The molecule has 0 aliphatic heterocycles. The fraction of sp³-hybridized carbons (Fsp3) is 0.462. The van der Waals surface area contributed by atoms with Gasteiger partial charge in [-0.2, -0.15) is 0 Å². The number of hydrogen-bond acceptors (Lipinski definition) is 2. The molecule has 0 bridgehead atoms. The Labute approximate surface area is 107 Å². The fourth-order valence-electron chi connectivity index (χ4n) is 1.67. The molecule has 0 saturated heterocycles. The van der Waals surface area contributed by atoms with Gasteiger partial charge in [0.25, 0.3) is 5.91 Å². The van der Waals surface area contributed by atoms with Crippen LogP contribution in [0.25, 0.3) is 0 Å². The molecule has 0 radical (unpaired) electrons. The second-order valence-corrected chi connectivity index (χ2v) is 5.82. The summed E-state index contributed by atoms with van der Waals surface area (Å²) in [6, 6.07) is 4.51. The van der Waals surface area contributed by atoms with Crippen molar-refractivity contribution in [2.45, 2.75) is 20.8 Å². The number of nitrogens with zero attached hydrogens (tertiary/aromatic N) is 1. The normalized spacial score (nSPS) is 11.4. The summed E-state index contributed by atoms with van der Waals surface area (Å²) >= 11 is 5.72. The first-order chi connectivity index (χ1) is 7.70. The van der Waals surface area contributed by atoms with Gasteiger partial charge in [-0.15, -0.1) is 0 Å². The summed E-state index contributed by atoms with van der Waals surface area (Å²) in [7, 11) is 1.72. The Bertz CT molecular complexity index is 424. The van der Waals surface area contributed by atoms with E-state index in [2.05, 4.69) is 20.8 Å². The van der Waals surface area contributed by atoms with Crippen molar-refractivity contribution in [3.8, 4) is 5.75 Å². The molecular weight excluding hydrogens is 238 g/mol. The van der Waals surface area contributed by atoms with E-state index in [9.17, 15) is 9.90 Å². The highest BCUT2D eigenvalue weighted by Gasteiger charge is 2.20. The van der Waals surface area contributed by atoms with Crippen molar-refractivity contribution < 1.29 is 9.90 Å². The van der Waals surface area contributed by atoms with E-state index in [0.29, 0.717) is 11.6 Å². The summed E-state index contributed by atoms with van der Waals surface area (Å²) in [5, 5.41) is 10.1. The molecule has 1 N–H and O–H groups in total. The Morgan fingerprint density at radius 2 is 2.00 bits per heavy atom. The summed E-state index contributed by atoms with van der Waals surface area (Å²) in [5.41, 5.74) is 0.299. The summed E-state index contributed by atoms with van der Waals surface area (Å²) in [5.74, 6) is -0.280. The Kier molecular flexibility index (Phi) is 4.04. The first-order valence-electron chi connectivity index (χ1n) is 5.45. The number of hydrogen-bond donors (Lipinski definition) is 1. The fourth-order valence-corrected chi connectivity index (χ4v) is 1.84. The molecule has 3 nitrogen and oxygen atoms in total. The van der Waals surface area contributed by atoms with E-state index >= 15 is 0 Å². The Balaban J connectivity index is 2.89. The van der Waals surface area contributed by atoms with Crippen LogP contribution >= 0.6 is 11.6 Å². The number of rotatable bonds is 2. The molecule has 0 aliphatic rings. The zero-order valence-corrected chi connectivity index (χ0v) is 11.4. The number of amides is 1. The van der Waals surface area contributed by atoms with Crippen LogP contribution < -0.4 is 0 Å². The largest absolute Gasteiger partial charge is 0.507 e. The van der Waals surface area contributed by atoms with Crippen LogP contribution in [0.2, 0.25) is 5.02 Å². The number of carbonyl (C=O) groups is 1. The van der Waals surface area contributed by atoms with E-state index < -0.39 is 0 Å². The molecule has 1 rings (SSSR count). The van der Waals surface area contributed by atoms with Gasteiger partial charge in [-0.1, -0.05) is 32.4 Å². The van der Waals surface area contributed by atoms with Crippen LogP contribution in [-0.4, -0.2) is 29.5 Å². The van der Waals surface area contributed by atoms with E-state index in [1.54, 1.807) is 24.1 Å². The second kappa shape index (κ2) is 4.96. The van der Waals surface area contributed by atoms with Crippen molar-refractivity contribution >= 4 is 17.5 Å². The number of aromatic hydroxyl groups is 1. The first kappa shape index (κ1) is 13.8. The average Bonchev–Trinajstić information content (AvgIpc) is 2.14. The minimum absolute atomic E-state index is 0.0203. The lowest BCUT2D eigenvalue weighted by molar-refractivity contribution is 0.0742. The molecule has 0 saturated carbocycles. The molecule has 94 valence electrons. The highest BCUT2D eigenvalue weighted by Crippen LogP contribution is 2.24. The van der Waals surface area contributed by atoms with Gasteiger partial charge < -0.3 is 10.0 Å². The zero-order chi connectivity index (χ0) is 13.2. The van der Waals surface area contributed by atoms with E-state index in [4.69, 9.17) is 11.6 Å². The lowest BCUT2D eigenvalue weighted by Crippen LogP contribution is -2.34. The van der Waals surface area contributed by atoms with Crippen LogP contribution in [-0.2, 0) is 0 Å². The van der Waals surface area contributed by atoms with Crippen LogP contribution in [0.4, 0.5) is 0 Å². The third-order valence-corrected chi connectivity index (χ3v) is 2.48. The molecule has 4 heteroatoms. The molecule has 1 amide bonds. The van der Waals surface area contributed by atoms with Gasteiger partial charge in [0.05, 0.1) is 5.56 Å². The minimum atomic E-state index is -0.200. The molecule has 0 heterocycles. The zero-order valence-electron chi connectivity index (χ0n) is 10.6. The molecule has 17 heavy (non-hydrogen) atoms. The standard InChI is InChI=1S/C13H18ClNO2/c1-13(2,3)8-15(4)12(17)10-6-5-9(14)7-11(10)16/h5-7,16H,8H2,1-4H3. The molecule has 0 aromatic heterocycles. The highest BCUT2D eigenvalue weighted by atomic mass is 35.5. The van der Waals surface area contributed by atoms with E-state index in [1.807, 2.05) is 0 Å². The van der Waals surface area contributed by atoms with Crippen LogP contribution in [0.5, 0.6) is 5.75 Å². The minimum Gasteiger partial charge on any atom is -0.507 e. The summed E-state index contributed by atoms with van der Waals surface area (Å²) in [4.78, 5) is 13.7. The van der Waals surface area contributed by atoms with Crippen molar-refractivity contribution in [3.63, 3.8) is 0 Å². The Morgan fingerprint density at radius 1 is 1.41 bits per heavy atom. The molecule has 1 aromatic carbocycles. The molecule has 0 spiro atoms. The first-order valence-corrected chi connectivity index (χ1v) is 5.82. The predicted molar refractivity (Wildman–Crippen MR) is 69.5 cm³/mol. The quantitative estimate of drug-likeness (QED) is 0.882. The average molecular weight is 256 g/mol. The molecule has 0 fully saturated rings. The van der Waals surface area contributed by atoms with Gasteiger partial charge in [0, 0.05) is 18.6 Å². The van der Waals surface area contributed by atoms with Crippen molar-refractivity contribution in [2.24, 2.45) is 5.41 Å². The van der Waals surface area contributed by atoms with Crippen LogP contribution in [0.15, 0.2) is 18.2 Å². The van der Waals surface area contributed by atoms with Gasteiger partial charge in [-0.25, -0.2) is 0 Å². The third-order valence-electron chi connectivity index (χ3n) is 2.25. The lowest BCUT2D eigenvalue weighted by atomic mass is 9.96. The van der Waals surface area contributed by atoms with Gasteiger partial charge in [-0.3, -0.25) is 4.79 Å². The van der Waals surface area contributed by atoms with Crippen molar-refractivity contribution in [3.05, 3.63) is 28.8 Å². The van der Waals surface area contributed by atoms with Gasteiger partial charge in [0.1, 0.15) is 5.75 Å². The van der Waals surface area contributed by atoms with E-state index in [-0.39, 0.29) is 22.6 Å². The monoisotopic (exact) mass is 255 g/mol. The van der Waals surface area contributed by atoms with Crippen LogP contribution in [0.3, 0.4) is 0 Å². The van der Waals surface area contributed by atoms with Gasteiger partial charge in [0.2, 0.25) is 0 Å². The molecule has 0 atom stereocenters. The number of halogens is 1. The van der Waals surface area contributed by atoms with Crippen molar-refractivity contribution in [1.82, 2.24) is 4.90 Å². The van der Waals surface area contributed by atoms with Crippen LogP contribution in [0.1, 0.15) is 31.1 Å². The Hall–Kier alpha value is -1.22. The Morgan fingerprint density at radius 3 is 2.47 bits per heavy atom. The number of phenolic OH excluding ortho intramolecular Hbond substituents is 1. The molecule has 0 aliphatic carbocycles. The smallest absolute Gasteiger partial charge is 0.257 e. The van der Waals surface area contributed by atoms with Gasteiger partial charge in [-0.05, 0) is 23.6 Å². The maximum absolute atomic E-state index is 12.1. The van der Waals surface area contributed by atoms with E-state index in [1.165, 1.54) is 6.07 Å². The highest BCUT2D eigenvalue weighted by molar-refractivity contribution is 6.30. The predicted octanol–water partition coefficient (Wildman–Crippen LogP) is 3.16. The summed E-state index contributed by atoms with van der Waals surface area (Å²) in [6.45, 7) is 6.78. The number of benzene rings is 1. The molecular formula is C13H18ClNO2. The summed E-state index contributed by atoms with van der Waals surface area (Å²) in [6.07, 6.45) is 0. The van der Waals surface area contributed by atoms with Crippen molar-refractivity contribution in [1.29, 1.82) is 0 Å². The SMILES string of the molecule is CN(CC(C)(C)C)C(=O)c1ccc(Cl)cc1O.